The van der Waals surface area contributed by atoms with Crippen molar-refractivity contribution in [2.75, 3.05) is 11.1 Å². The zero-order valence-corrected chi connectivity index (χ0v) is 14.5. The minimum atomic E-state index is -4.57. The number of nitrogens with zero attached hydrogens (tertiary/aromatic N) is 4. The number of halogens is 4. The first-order valence-corrected chi connectivity index (χ1v) is 7.84. The van der Waals surface area contributed by atoms with E-state index in [4.69, 9.17) is 17.3 Å². The highest BCUT2D eigenvalue weighted by Gasteiger charge is 2.35. The number of hydrogen-bond donors (Lipinski definition) is 2. The third kappa shape index (κ3) is 3.85. The van der Waals surface area contributed by atoms with E-state index in [0.29, 0.717) is 0 Å². The number of rotatable bonds is 3. The van der Waals surface area contributed by atoms with E-state index in [-0.39, 0.29) is 33.6 Å². The lowest BCUT2D eigenvalue weighted by Gasteiger charge is -2.09. The Hall–Kier alpha value is -3.14. The lowest BCUT2D eigenvalue weighted by Crippen LogP contribution is -2.14. The Morgan fingerprint density at radius 1 is 1.30 bits per heavy atom. The van der Waals surface area contributed by atoms with Crippen molar-refractivity contribution in [1.29, 1.82) is 0 Å². The zero-order chi connectivity index (χ0) is 19.8. The highest BCUT2D eigenvalue weighted by atomic mass is 35.5. The molecule has 0 fully saturated rings. The molecule has 0 spiro atoms. The summed E-state index contributed by atoms with van der Waals surface area (Å²) in [5, 5.41) is 5.96. The number of aryl methyl sites for hydroxylation is 1. The fourth-order valence-electron chi connectivity index (χ4n) is 2.36. The van der Waals surface area contributed by atoms with Gasteiger partial charge >= 0.3 is 6.18 Å². The second-order valence-electron chi connectivity index (χ2n) is 5.46. The van der Waals surface area contributed by atoms with Gasteiger partial charge in [-0.05, 0) is 30.3 Å². The van der Waals surface area contributed by atoms with E-state index in [9.17, 15) is 18.0 Å². The lowest BCUT2D eigenvalue weighted by molar-refractivity contribution is -0.141. The number of hydrogen-bond acceptors (Lipinski definition) is 5. The molecule has 0 saturated heterocycles. The molecule has 27 heavy (non-hydrogen) atoms. The van der Waals surface area contributed by atoms with Gasteiger partial charge in [0.25, 0.3) is 5.91 Å². The molecule has 0 radical (unpaired) electrons. The Morgan fingerprint density at radius 3 is 2.63 bits per heavy atom. The van der Waals surface area contributed by atoms with Gasteiger partial charge in [0.05, 0.1) is 11.3 Å². The van der Waals surface area contributed by atoms with Crippen LogP contribution in [-0.2, 0) is 13.2 Å². The number of carbonyl (C=O) groups excluding carboxylic acids is 1. The van der Waals surface area contributed by atoms with Crippen LogP contribution in [0.4, 0.5) is 24.8 Å². The third-order valence-corrected chi connectivity index (χ3v) is 3.92. The predicted molar refractivity (Wildman–Crippen MR) is 93.1 cm³/mol. The van der Waals surface area contributed by atoms with Crippen LogP contribution in [0.5, 0.6) is 0 Å². The SMILES string of the molecule is Cn1nc(C(F)(F)F)cc1-c1ccc(NC(=O)c2cccnc2Cl)nc1N. The van der Waals surface area contributed by atoms with Gasteiger partial charge in [0.1, 0.15) is 16.8 Å². The van der Waals surface area contributed by atoms with Crippen LogP contribution in [0, 0.1) is 0 Å². The summed E-state index contributed by atoms with van der Waals surface area (Å²) in [6.07, 6.45) is -3.14. The molecule has 140 valence electrons. The van der Waals surface area contributed by atoms with Gasteiger partial charge < -0.3 is 11.1 Å². The average molecular weight is 397 g/mol. The first kappa shape index (κ1) is 18.6. The second kappa shape index (κ2) is 6.88. The molecular weight excluding hydrogens is 385 g/mol. The number of pyridine rings is 2. The van der Waals surface area contributed by atoms with Crippen molar-refractivity contribution >= 4 is 29.1 Å². The Kier molecular flexibility index (Phi) is 4.75. The quantitative estimate of drug-likeness (QED) is 0.661. The van der Waals surface area contributed by atoms with Gasteiger partial charge in [-0.25, -0.2) is 9.97 Å². The van der Waals surface area contributed by atoms with Crippen molar-refractivity contribution < 1.29 is 18.0 Å². The largest absolute Gasteiger partial charge is 0.435 e. The molecule has 3 aromatic heterocycles. The molecule has 3 heterocycles. The summed E-state index contributed by atoms with van der Waals surface area (Å²) in [5.41, 5.74) is 5.35. The summed E-state index contributed by atoms with van der Waals surface area (Å²) in [5.74, 6) is -0.506. The summed E-state index contributed by atoms with van der Waals surface area (Å²) in [6, 6.07) is 6.76. The smallest absolute Gasteiger partial charge is 0.383 e. The van der Waals surface area contributed by atoms with E-state index < -0.39 is 17.8 Å². The summed E-state index contributed by atoms with van der Waals surface area (Å²) >= 11 is 5.86. The standard InChI is InChI=1S/C16H12ClF3N6O/c1-26-10(7-11(25-26)16(18,19)20)8-4-5-12(23-14(8)21)24-15(27)9-3-2-6-22-13(9)17/h2-7H,1H3,(H3,21,23,24,27). The molecule has 7 nitrogen and oxygen atoms in total. The van der Waals surface area contributed by atoms with Crippen LogP contribution < -0.4 is 11.1 Å². The van der Waals surface area contributed by atoms with E-state index >= 15 is 0 Å². The fraction of sp³-hybridized carbons (Fsp3) is 0.125. The van der Waals surface area contributed by atoms with Crippen molar-refractivity contribution in [3.63, 3.8) is 0 Å². The second-order valence-corrected chi connectivity index (χ2v) is 5.82. The van der Waals surface area contributed by atoms with E-state index in [1.54, 1.807) is 6.07 Å². The van der Waals surface area contributed by atoms with Gasteiger partial charge in [0, 0.05) is 18.8 Å². The molecule has 0 saturated carbocycles. The Labute approximate surface area is 156 Å². The molecule has 0 aromatic carbocycles. The van der Waals surface area contributed by atoms with Crippen LogP contribution >= 0.6 is 11.6 Å². The van der Waals surface area contributed by atoms with Crippen LogP contribution in [-0.4, -0.2) is 25.7 Å². The van der Waals surface area contributed by atoms with Gasteiger partial charge in [0.2, 0.25) is 0 Å². The van der Waals surface area contributed by atoms with E-state index in [1.165, 1.54) is 31.4 Å². The van der Waals surface area contributed by atoms with Crippen LogP contribution in [0.1, 0.15) is 16.1 Å². The van der Waals surface area contributed by atoms with Crippen LogP contribution in [0.3, 0.4) is 0 Å². The maximum absolute atomic E-state index is 12.8. The van der Waals surface area contributed by atoms with E-state index in [1.807, 2.05) is 0 Å². The molecule has 1 amide bonds. The fourth-order valence-corrected chi connectivity index (χ4v) is 2.56. The molecule has 3 rings (SSSR count). The van der Waals surface area contributed by atoms with E-state index in [0.717, 1.165) is 10.7 Å². The number of carbonyl (C=O) groups is 1. The number of aromatic nitrogens is 4. The van der Waals surface area contributed by atoms with Crippen molar-refractivity contribution in [2.24, 2.45) is 7.05 Å². The number of nitrogens with one attached hydrogen (secondary N) is 1. The number of alkyl halides is 3. The normalized spacial score (nSPS) is 11.4. The number of anilines is 2. The van der Waals surface area contributed by atoms with Crippen LogP contribution in [0.15, 0.2) is 36.5 Å². The molecule has 3 aromatic rings. The van der Waals surface area contributed by atoms with Crippen LogP contribution in [0.2, 0.25) is 5.15 Å². The number of nitrogen functional groups attached to an aromatic ring is 1. The Bertz CT molecular complexity index is 1020. The highest BCUT2D eigenvalue weighted by Crippen LogP contribution is 2.33. The number of amides is 1. The first-order valence-electron chi connectivity index (χ1n) is 7.47. The minimum absolute atomic E-state index is 0.0224. The molecule has 0 aliphatic carbocycles. The summed E-state index contributed by atoms with van der Waals surface area (Å²) in [6.45, 7) is 0. The van der Waals surface area contributed by atoms with Crippen LogP contribution in [0.25, 0.3) is 11.3 Å². The van der Waals surface area contributed by atoms with Crippen molar-refractivity contribution in [1.82, 2.24) is 19.7 Å². The molecular formula is C16H12ClF3N6O. The highest BCUT2D eigenvalue weighted by molar-refractivity contribution is 6.33. The molecule has 0 aliphatic rings. The molecule has 0 unspecified atom stereocenters. The Morgan fingerprint density at radius 2 is 2.04 bits per heavy atom. The van der Waals surface area contributed by atoms with Gasteiger partial charge in [-0.1, -0.05) is 11.6 Å². The molecule has 0 bridgehead atoms. The van der Waals surface area contributed by atoms with Gasteiger partial charge in [0.15, 0.2) is 5.69 Å². The number of nitrogens with two attached hydrogens (primary N) is 1. The van der Waals surface area contributed by atoms with Gasteiger partial charge in [-0.3, -0.25) is 9.48 Å². The minimum Gasteiger partial charge on any atom is -0.383 e. The monoisotopic (exact) mass is 396 g/mol. The predicted octanol–water partition coefficient (Wildman–Crippen LogP) is 3.38. The molecule has 0 aliphatic heterocycles. The summed E-state index contributed by atoms with van der Waals surface area (Å²) in [7, 11) is 1.37. The van der Waals surface area contributed by atoms with Gasteiger partial charge in [-0.2, -0.15) is 18.3 Å². The lowest BCUT2D eigenvalue weighted by atomic mass is 10.1. The first-order chi connectivity index (χ1) is 12.7. The summed E-state index contributed by atoms with van der Waals surface area (Å²) < 4.78 is 39.5. The van der Waals surface area contributed by atoms with Crippen molar-refractivity contribution in [3.8, 4) is 11.3 Å². The van der Waals surface area contributed by atoms with E-state index in [2.05, 4.69) is 20.4 Å². The average Bonchev–Trinajstić information content (AvgIpc) is 2.97. The van der Waals surface area contributed by atoms with Crippen molar-refractivity contribution in [3.05, 3.63) is 52.9 Å². The maximum Gasteiger partial charge on any atom is 0.435 e. The molecule has 11 heteroatoms. The third-order valence-electron chi connectivity index (χ3n) is 3.62. The van der Waals surface area contributed by atoms with Gasteiger partial charge in [-0.15, -0.1) is 0 Å². The maximum atomic E-state index is 12.8. The van der Waals surface area contributed by atoms with Crippen molar-refractivity contribution in [2.45, 2.75) is 6.18 Å². The summed E-state index contributed by atoms with van der Waals surface area (Å²) in [4.78, 5) is 20.0. The topological polar surface area (TPSA) is 98.7 Å². The molecule has 3 N–H and O–H groups in total. The zero-order valence-electron chi connectivity index (χ0n) is 13.8. The Balaban J connectivity index is 1.88. The molecule has 0 atom stereocenters.